The highest BCUT2D eigenvalue weighted by Gasteiger charge is 2.13. The third kappa shape index (κ3) is 3.96. The van der Waals surface area contributed by atoms with Gasteiger partial charge in [-0.05, 0) is 50.1 Å². The Hall–Kier alpha value is -3.02. The van der Waals surface area contributed by atoms with E-state index in [1.165, 1.54) is 0 Å². The van der Waals surface area contributed by atoms with Crippen LogP contribution in [0.1, 0.15) is 40.1 Å². The van der Waals surface area contributed by atoms with Crippen LogP contribution < -0.4 is 10.1 Å². The number of hydrogen-bond acceptors (Lipinski definition) is 4. The number of furan rings is 1. The molecular weight excluding hydrogens is 330 g/mol. The quantitative estimate of drug-likeness (QED) is 0.704. The molecule has 1 N–H and O–H groups in total. The molecule has 6 heteroatoms. The molecule has 0 saturated carbocycles. The molecule has 0 aliphatic heterocycles. The van der Waals surface area contributed by atoms with Crippen molar-refractivity contribution in [2.24, 2.45) is 0 Å². The predicted octanol–water partition coefficient (Wildman–Crippen LogP) is 3.62. The molecule has 0 bridgehead atoms. The van der Waals surface area contributed by atoms with E-state index in [2.05, 4.69) is 10.4 Å². The first-order valence-corrected chi connectivity index (χ1v) is 8.65. The molecule has 2 aromatic heterocycles. The highest BCUT2D eigenvalue weighted by molar-refractivity contribution is 5.91. The van der Waals surface area contributed by atoms with Gasteiger partial charge in [0.25, 0.3) is 5.91 Å². The fourth-order valence-corrected chi connectivity index (χ4v) is 2.80. The van der Waals surface area contributed by atoms with Gasteiger partial charge in [-0.1, -0.05) is 18.2 Å². The van der Waals surface area contributed by atoms with Crippen LogP contribution in [-0.2, 0) is 19.7 Å². The zero-order valence-electron chi connectivity index (χ0n) is 15.3. The van der Waals surface area contributed by atoms with Gasteiger partial charge in [-0.15, -0.1) is 0 Å². The lowest BCUT2D eigenvalue weighted by atomic mass is 10.1. The topological polar surface area (TPSA) is 69.3 Å². The number of nitrogens with one attached hydrogen (secondary N) is 1. The molecule has 0 spiro atoms. The van der Waals surface area contributed by atoms with Crippen molar-refractivity contribution in [2.75, 3.05) is 0 Å². The van der Waals surface area contributed by atoms with Crippen LogP contribution >= 0.6 is 0 Å². The van der Waals surface area contributed by atoms with Crippen LogP contribution in [0.4, 0.5) is 0 Å². The van der Waals surface area contributed by atoms with Crippen molar-refractivity contribution in [1.29, 1.82) is 0 Å². The van der Waals surface area contributed by atoms with Gasteiger partial charge >= 0.3 is 0 Å². The SMILES string of the molecule is CCn1nccc1CNC(=O)c1ccc(COc2c(C)cccc2C)o1. The number of amides is 1. The third-order valence-corrected chi connectivity index (χ3v) is 4.19. The normalized spacial score (nSPS) is 10.7. The highest BCUT2D eigenvalue weighted by atomic mass is 16.5. The lowest BCUT2D eigenvalue weighted by Crippen LogP contribution is -2.24. The van der Waals surface area contributed by atoms with Crippen LogP contribution in [0.25, 0.3) is 0 Å². The Morgan fingerprint density at radius 1 is 1.19 bits per heavy atom. The molecule has 26 heavy (non-hydrogen) atoms. The number of nitrogens with zero attached hydrogens (tertiary/aromatic N) is 2. The van der Waals surface area contributed by atoms with E-state index in [-0.39, 0.29) is 18.3 Å². The first kappa shape index (κ1) is 17.8. The molecule has 0 aliphatic rings. The lowest BCUT2D eigenvalue weighted by molar-refractivity contribution is 0.0918. The van der Waals surface area contributed by atoms with E-state index in [4.69, 9.17) is 9.15 Å². The Bertz CT molecular complexity index is 875. The van der Waals surface area contributed by atoms with E-state index in [9.17, 15) is 4.79 Å². The number of carbonyl (C=O) groups is 1. The predicted molar refractivity (Wildman–Crippen MR) is 98.0 cm³/mol. The number of rotatable bonds is 7. The molecule has 1 aromatic carbocycles. The Morgan fingerprint density at radius 3 is 2.69 bits per heavy atom. The van der Waals surface area contributed by atoms with Crippen LogP contribution in [0, 0.1) is 13.8 Å². The van der Waals surface area contributed by atoms with E-state index in [0.717, 1.165) is 29.1 Å². The maximum atomic E-state index is 12.3. The minimum absolute atomic E-state index is 0.257. The van der Waals surface area contributed by atoms with Crippen molar-refractivity contribution >= 4 is 5.91 Å². The van der Waals surface area contributed by atoms with Crippen LogP contribution in [0.5, 0.6) is 5.75 Å². The fraction of sp³-hybridized carbons (Fsp3) is 0.300. The van der Waals surface area contributed by atoms with Crippen LogP contribution in [0.2, 0.25) is 0 Å². The summed E-state index contributed by atoms with van der Waals surface area (Å²) in [5.74, 6) is 1.47. The molecular formula is C20H23N3O3. The maximum Gasteiger partial charge on any atom is 0.287 e. The molecule has 0 fully saturated rings. The van der Waals surface area contributed by atoms with Crippen LogP contribution in [-0.4, -0.2) is 15.7 Å². The van der Waals surface area contributed by atoms with E-state index >= 15 is 0 Å². The van der Waals surface area contributed by atoms with Crippen molar-refractivity contribution in [3.63, 3.8) is 0 Å². The average molecular weight is 353 g/mol. The Labute approximate surface area is 152 Å². The highest BCUT2D eigenvalue weighted by Crippen LogP contribution is 2.23. The monoisotopic (exact) mass is 353 g/mol. The molecule has 3 rings (SSSR count). The number of carbonyl (C=O) groups excluding carboxylic acids is 1. The zero-order valence-corrected chi connectivity index (χ0v) is 15.3. The van der Waals surface area contributed by atoms with Gasteiger partial charge in [-0.25, -0.2) is 0 Å². The van der Waals surface area contributed by atoms with Gasteiger partial charge in [-0.2, -0.15) is 5.10 Å². The largest absolute Gasteiger partial charge is 0.485 e. The molecule has 0 saturated heterocycles. The minimum atomic E-state index is -0.257. The maximum absolute atomic E-state index is 12.3. The van der Waals surface area contributed by atoms with Gasteiger partial charge in [0.1, 0.15) is 18.1 Å². The Balaban J connectivity index is 1.58. The molecule has 0 aliphatic carbocycles. The molecule has 0 unspecified atom stereocenters. The summed E-state index contributed by atoms with van der Waals surface area (Å²) in [6.45, 7) is 7.46. The number of aromatic nitrogens is 2. The van der Waals surface area contributed by atoms with E-state index in [1.807, 2.05) is 49.7 Å². The van der Waals surface area contributed by atoms with Crippen molar-refractivity contribution in [3.05, 3.63) is 70.9 Å². The molecule has 3 aromatic rings. The summed E-state index contributed by atoms with van der Waals surface area (Å²) in [6, 6.07) is 11.3. The summed E-state index contributed by atoms with van der Waals surface area (Å²) in [5, 5.41) is 7.03. The van der Waals surface area contributed by atoms with E-state index in [0.29, 0.717) is 12.3 Å². The molecule has 0 radical (unpaired) electrons. The average Bonchev–Trinajstić information content (AvgIpc) is 3.28. The second-order valence-electron chi connectivity index (χ2n) is 6.10. The number of para-hydroxylation sites is 1. The van der Waals surface area contributed by atoms with Gasteiger partial charge in [0, 0.05) is 12.7 Å². The van der Waals surface area contributed by atoms with Gasteiger partial charge in [0.2, 0.25) is 0 Å². The number of benzene rings is 1. The summed E-state index contributed by atoms with van der Waals surface area (Å²) >= 11 is 0. The zero-order chi connectivity index (χ0) is 18.5. The summed E-state index contributed by atoms with van der Waals surface area (Å²) < 4.78 is 13.3. The van der Waals surface area contributed by atoms with Gasteiger partial charge in [0.05, 0.1) is 12.2 Å². The molecule has 0 atom stereocenters. The number of hydrogen-bond donors (Lipinski definition) is 1. The second-order valence-corrected chi connectivity index (χ2v) is 6.10. The van der Waals surface area contributed by atoms with Crippen LogP contribution in [0.3, 0.4) is 0 Å². The second kappa shape index (κ2) is 7.91. The van der Waals surface area contributed by atoms with Gasteiger partial charge in [-0.3, -0.25) is 9.48 Å². The molecule has 1 amide bonds. The lowest BCUT2D eigenvalue weighted by Gasteiger charge is -2.10. The molecule has 6 nitrogen and oxygen atoms in total. The standard InChI is InChI=1S/C20H23N3O3/c1-4-23-16(10-11-22-23)12-21-20(24)18-9-8-17(26-18)13-25-19-14(2)6-5-7-15(19)3/h5-11H,4,12-13H2,1-3H3,(H,21,24). The number of ether oxygens (including phenoxy) is 1. The Morgan fingerprint density at radius 2 is 1.96 bits per heavy atom. The smallest absolute Gasteiger partial charge is 0.287 e. The van der Waals surface area contributed by atoms with Crippen molar-refractivity contribution < 1.29 is 13.9 Å². The minimum Gasteiger partial charge on any atom is -0.485 e. The van der Waals surface area contributed by atoms with Gasteiger partial charge in [0.15, 0.2) is 5.76 Å². The fourth-order valence-electron chi connectivity index (χ4n) is 2.80. The first-order valence-electron chi connectivity index (χ1n) is 8.65. The Kier molecular flexibility index (Phi) is 5.41. The van der Waals surface area contributed by atoms with E-state index in [1.54, 1.807) is 18.3 Å². The summed E-state index contributed by atoms with van der Waals surface area (Å²) in [4.78, 5) is 12.3. The third-order valence-electron chi connectivity index (χ3n) is 4.19. The van der Waals surface area contributed by atoms with Gasteiger partial charge < -0.3 is 14.5 Å². The van der Waals surface area contributed by atoms with Crippen molar-refractivity contribution in [3.8, 4) is 5.75 Å². The summed E-state index contributed by atoms with van der Waals surface area (Å²) in [6.07, 6.45) is 1.72. The molecule has 2 heterocycles. The van der Waals surface area contributed by atoms with Crippen molar-refractivity contribution in [2.45, 2.75) is 40.5 Å². The van der Waals surface area contributed by atoms with Crippen LogP contribution in [0.15, 0.2) is 47.0 Å². The molecule has 136 valence electrons. The summed E-state index contributed by atoms with van der Waals surface area (Å²) in [5.41, 5.74) is 3.09. The number of aryl methyl sites for hydroxylation is 3. The first-order chi connectivity index (χ1) is 12.6. The van der Waals surface area contributed by atoms with E-state index < -0.39 is 0 Å². The summed E-state index contributed by atoms with van der Waals surface area (Å²) in [7, 11) is 0. The van der Waals surface area contributed by atoms with Crippen molar-refractivity contribution in [1.82, 2.24) is 15.1 Å².